The van der Waals surface area contributed by atoms with Crippen LogP contribution < -0.4 is 0 Å². The lowest BCUT2D eigenvalue weighted by molar-refractivity contribution is 1.09. The number of rotatable bonds is 2. The van der Waals surface area contributed by atoms with E-state index >= 15 is 0 Å². The molecule has 2 heterocycles. The number of hydrogen-bond acceptors (Lipinski definition) is 2. The van der Waals surface area contributed by atoms with Crippen LogP contribution in [0, 0.1) is 6.07 Å². The summed E-state index contributed by atoms with van der Waals surface area (Å²) in [5.41, 5.74) is 3.86. The number of nitrogens with zero attached hydrogens (tertiary/aromatic N) is 2. The highest BCUT2D eigenvalue weighted by molar-refractivity contribution is 5.78. The van der Waals surface area contributed by atoms with Crippen molar-refractivity contribution in [3.05, 3.63) is 60.9 Å². The summed E-state index contributed by atoms with van der Waals surface area (Å²) >= 11 is 0. The summed E-state index contributed by atoms with van der Waals surface area (Å²) in [6, 6.07) is 16.7. The van der Waals surface area contributed by atoms with Gasteiger partial charge in [0.25, 0.3) is 0 Å². The molecule has 0 saturated heterocycles. The Labute approximate surface area is 99.2 Å². The lowest BCUT2D eigenvalue weighted by Crippen LogP contribution is -1.85. The summed E-state index contributed by atoms with van der Waals surface area (Å²) in [4.78, 5) is 4.31. The summed E-state index contributed by atoms with van der Waals surface area (Å²) in [6.07, 6.45) is 3.65. The Kier molecular flexibility index (Phi) is 2.43. The second kappa shape index (κ2) is 4.22. The van der Waals surface area contributed by atoms with Crippen molar-refractivity contribution >= 4 is 0 Å². The van der Waals surface area contributed by atoms with Crippen LogP contribution in [0.4, 0.5) is 0 Å². The van der Waals surface area contributed by atoms with E-state index in [4.69, 9.17) is 0 Å². The molecule has 0 saturated carbocycles. The number of H-pyrrole nitrogens is 1. The first-order valence-corrected chi connectivity index (χ1v) is 5.37. The summed E-state index contributed by atoms with van der Waals surface area (Å²) in [5, 5.41) is 7.15. The molecule has 0 atom stereocenters. The average molecular weight is 220 g/mol. The van der Waals surface area contributed by atoms with Gasteiger partial charge >= 0.3 is 0 Å². The van der Waals surface area contributed by atoms with E-state index < -0.39 is 0 Å². The van der Waals surface area contributed by atoms with E-state index in [-0.39, 0.29) is 0 Å². The van der Waals surface area contributed by atoms with Gasteiger partial charge in [0, 0.05) is 18.0 Å². The number of aromatic amines is 1. The Balaban J connectivity index is 2.13. The van der Waals surface area contributed by atoms with Gasteiger partial charge in [-0.3, -0.25) is 10.1 Å². The molecule has 3 heteroatoms. The molecule has 0 aliphatic heterocycles. The van der Waals surface area contributed by atoms with Crippen molar-refractivity contribution in [2.75, 3.05) is 0 Å². The monoisotopic (exact) mass is 220 g/mol. The lowest BCUT2D eigenvalue weighted by atomic mass is 10.1. The molecular weight excluding hydrogens is 210 g/mol. The molecule has 1 N–H and O–H groups in total. The third-order valence-electron chi connectivity index (χ3n) is 2.57. The molecule has 0 unspecified atom stereocenters. The Bertz CT molecular complexity index is 546. The van der Waals surface area contributed by atoms with E-state index in [0.717, 1.165) is 22.5 Å². The fraction of sp³-hybridized carbons (Fsp3) is 0. The predicted molar refractivity (Wildman–Crippen MR) is 66.1 cm³/mol. The standard InChI is InChI=1S/C14H10N3/c1-2-6-11(7-3-1)12-10-16-17-14(12)13-8-4-5-9-15-13/h1-2,4-10H,(H,16,17). The maximum atomic E-state index is 4.31. The largest absolute Gasteiger partial charge is 0.284 e. The van der Waals surface area contributed by atoms with Gasteiger partial charge in [0.15, 0.2) is 0 Å². The molecule has 0 bridgehead atoms. The Hall–Kier alpha value is -2.42. The van der Waals surface area contributed by atoms with Crippen LogP contribution in [0.5, 0.6) is 0 Å². The Morgan fingerprint density at radius 1 is 1.12 bits per heavy atom. The third kappa shape index (κ3) is 1.83. The van der Waals surface area contributed by atoms with E-state index in [9.17, 15) is 0 Å². The number of nitrogens with one attached hydrogen (secondary N) is 1. The van der Waals surface area contributed by atoms with Crippen molar-refractivity contribution in [1.82, 2.24) is 15.2 Å². The fourth-order valence-electron chi connectivity index (χ4n) is 1.77. The van der Waals surface area contributed by atoms with Crippen LogP contribution in [0.15, 0.2) is 54.9 Å². The van der Waals surface area contributed by atoms with Crippen molar-refractivity contribution < 1.29 is 0 Å². The molecule has 0 aliphatic rings. The summed E-state index contributed by atoms with van der Waals surface area (Å²) in [6.45, 7) is 0. The number of aromatic nitrogens is 3. The van der Waals surface area contributed by atoms with Crippen LogP contribution in [-0.4, -0.2) is 15.2 Å². The second-order valence-electron chi connectivity index (χ2n) is 3.65. The first kappa shape index (κ1) is 9.78. The van der Waals surface area contributed by atoms with Crippen LogP contribution in [0.25, 0.3) is 22.5 Å². The lowest BCUT2D eigenvalue weighted by Gasteiger charge is -2.01. The van der Waals surface area contributed by atoms with Gasteiger partial charge in [-0.05, 0) is 29.8 Å². The van der Waals surface area contributed by atoms with Crippen molar-refractivity contribution in [2.45, 2.75) is 0 Å². The van der Waals surface area contributed by atoms with E-state index in [1.807, 2.05) is 48.7 Å². The first-order chi connectivity index (χ1) is 8.45. The molecule has 0 amide bonds. The molecule has 17 heavy (non-hydrogen) atoms. The summed E-state index contributed by atoms with van der Waals surface area (Å²) < 4.78 is 0. The number of hydrogen-bond donors (Lipinski definition) is 1. The van der Waals surface area contributed by atoms with Crippen molar-refractivity contribution in [3.8, 4) is 22.5 Å². The van der Waals surface area contributed by atoms with Gasteiger partial charge in [0.1, 0.15) is 5.69 Å². The zero-order valence-corrected chi connectivity index (χ0v) is 9.09. The topological polar surface area (TPSA) is 41.6 Å². The third-order valence-corrected chi connectivity index (χ3v) is 2.57. The van der Waals surface area contributed by atoms with Gasteiger partial charge < -0.3 is 0 Å². The average Bonchev–Trinajstić information content (AvgIpc) is 2.90. The molecule has 1 radical (unpaired) electrons. The molecule has 0 spiro atoms. The van der Waals surface area contributed by atoms with Gasteiger partial charge in [-0.25, -0.2) is 0 Å². The fourth-order valence-corrected chi connectivity index (χ4v) is 1.77. The van der Waals surface area contributed by atoms with Crippen molar-refractivity contribution in [2.24, 2.45) is 0 Å². The highest BCUT2D eigenvalue weighted by Gasteiger charge is 2.10. The molecule has 0 aliphatic carbocycles. The molecule has 3 nitrogen and oxygen atoms in total. The molecule has 1 aromatic carbocycles. The smallest absolute Gasteiger partial charge is 0.118 e. The van der Waals surface area contributed by atoms with Crippen LogP contribution in [-0.2, 0) is 0 Å². The molecule has 0 fully saturated rings. The van der Waals surface area contributed by atoms with Crippen LogP contribution in [0.3, 0.4) is 0 Å². The minimum Gasteiger partial charge on any atom is -0.284 e. The van der Waals surface area contributed by atoms with Gasteiger partial charge in [0.2, 0.25) is 0 Å². The molecular formula is C14H10N3. The maximum absolute atomic E-state index is 4.31. The van der Waals surface area contributed by atoms with Crippen LogP contribution >= 0.6 is 0 Å². The quantitative estimate of drug-likeness (QED) is 0.721. The van der Waals surface area contributed by atoms with E-state index in [1.54, 1.807) is 6.20 Å². The summed E-state index contributed by atoms with van der Waals surface area (Å²) in [7, 11) is 0. The highest BCUT2D eigenvalue weighted by Crippen LogP contribution is 2.28. The van der Waals surface area contributed by atoms with Crippen LogP contribution in [0.2, 0.25) is 0 Å². The van der Waals surface area contributed by atoms with Gasteiger partial charge in [-0.1, -0.05) is 24.3 Å². The molecule has 3 aromatic rings. The Morgan fingerprint density at radius 2 is 2.12 bits per heavy atom. The van der Waals surface area contributed by atoms with Crippen molar-refractivity contribution in [1.29, 1.82) is 0 Å². The zero-order chi connectivity index (χ0) is 11.5. The van der Waals surface area contributed by atoms with Crippen molar-refractivity contribution in [3.63, 3.8) is 0 Å². The molecule has 2 aromatic heterocycles. The maximum Gasteiger partial charge on any atom is 0.118 e. The van der Waals surface area contributed by atoms with Gasteiger partial charge in [-0.2, -0.15) is 5.10 Å². The number of pyridine rings is 1. The Morgan fingerprint density at radius 3 is 2.88 bits per heavy atom. The second-order valence-corrected chi connectivity index (χ2v) is 3.65. The minimum absolute atomic E-state index is 0.866. The normalized spacial score (nSPS) is 10.4. The van der Waals surface area contributed by atoms with Gasteiger partial charge in [0.05, 0.1) is 5.69 Å². The van der Waals surface area contributed by atoms with Gasteiger partial charge in [-0.15, -0.1) is 0 Å². The van der Waals surface area contributed by atoms with Crippen LogP contribution in [0.1, 0.15) is 0 Å². The van der Waals surface area contributed by atoms with E-state index in [0.29, 0.717) is 0 Å². The minimum atomic E-state index is 0.866. The first-order valence-electron chi connectivity index (χ1n) is 5.37. The van der Waals surface area contributed by atoms with E-state index in [1.165, 1.54) is 0 Å². The SMILES string of the molecule is [c]1cccc(-c2c[nH]nc2-c2ccccn2)c1. The number of benzene rings is 1. The van der Waals surface area contributed by atoms with E-state index in [2.05, 4.69) is 21.2 Å². The molecule has 81 valence electrons. The molecule has 3 rings (SSSR count). The summed E-state index contributed by atoms with van der Waals surface area (Å²) in [5.74, 6) is 0. The highest BCUT2D eigenvalue weighted by atomic mass is 15.1. The predicted octanol–water partition coefficient (Wildman–Crippen LogP) is 2.94. The zero-order valence-electron chi connectivity index (χ0n) is 9.09.